The van der Waals surface area contributed by atoms with Gasteiger partial charge < -0.3 is 10.5 Å². The molecule has 0 radical (unpaired) electrons. The molecule has 0 bridgehead atoms. The molecule has 4 heteroatoms. The summed E-state index contributed by atoms with van der Waals surface area (Å²) in [7, 11) is 2.05. The van der Waals surface area contributed by atoms with Crippen LogP contribution in [0.3, 0.4) is 0 Å². The van der Waals surface area contributed by atoms with Crippen LogP contribution in [0.1, 0.15) is 12.8 Å². The molecule has 1 saturated heterocycles. The third-order valence-electron chi connectivity index (χ3n) is 2.10. The second-order valence-electron chi connectivity index (χ2n) is 3.07. The fourth-order valence-electron chi connectivity index (χ4n) is 1.13. The number of nitrogens with zero attached hydrogens (tertiary/aromatic N) is 2. The lowest BCUT2D eigenvalue weighted by molar-refractivity contribution is 0.289. The van der Waals surface area contributed by atoms with Crippen LogP contribution in [0, 0.1) is 11.3 Å². The molecule has 0 saturated carbocycles. The molecule has 10 heavy (non-hydrogen) atoms. The van der Waals surface area contributed by atoms with Crippen molar-refractivity contribution >= 4 is 7.98 Å². The molecular formula is C6H12BN3. The molecule has 0 aromatic carbocycles. The molecule has 54 valence electrons. The first-order valence-corrected chi connectivity index (χ1v) is 3.55. The Kier molecular flexibility index (Phi) is 1.98. The van der Waals surface area contributed by atoms with Crippen molar-refractivity contribution in [2.24, 2.45) is 5.73 Å². The molecule has 1 heterocycles. The first kappa shape index (κ1) is 7.58. The largest absolute Gasteiger partial charge is 0.348 e. The van der Waals surface area contributed by atoms with E-state index < -0.39 is 5.54 Å². The Labute approximate surface area is 62.2 Å². The van der Waals surface area contributed by atoms with E-state index in [2.05, 4.69) is 18.9 Å². The number of rotatable bonds is 0. The normalized spacial score (nSPS) is 25.6. The minimum atomic E-state index is -0.535. The lowest BCUT2D eigenvalue weighted by Gasteiger charge is -2.32. The van der Waals surface area contributed by atoms with Crippen molar-refractivity contribution in [2.75, 3.05) is 13.1 Å². The summed E-state index contributed by atoms with van der Waals surface area (Å²) in [5.74, 6) is 0. The number of hydrogen-bond acceptors (Lipinski definition) is 3. The average Bonchev–Trinajstić information content (AvgIpc) is 1.96. The van der Waals surface area contributed by atoms with Crippen molar-refractivity contribution in [3.8, 4) is 6.07 Å². The predicted octanol–water partition coefficient (Wildman–Crippen LogP) is -1.15. The average molecular weight is 137 g/mol. The summed E-state index contributed by atoms with van der Waals surface area (Å²) < 4.78 is 0. The van der Waals surface area contributed by atoms with Crippen LogP contribution in [-0.2, 0) is 0 Å². The van der Waals surface area contributed by atoms with Crippen LogP contribution in [0.2, 0.25) is 0 Å². The van der Waals surface area contributed by atoms with E-state index in [1.54, 1.807) is 0 Å². The van der Waals surface area contributed by atoms with Crippen LogP contribution in [0.15, 0.2) is 0 Å². The minimum absolute atomic E-state index is 0.535. The van der Waals surface area contributed by atoms with Crippen LogP contribution in [-0.4, -0.2) is 31.4 Å². The van der Waals surface area contributed by atoms with E-state index in [4.69, 9.17) is 11.0 Å². The Morgan fingerprint density at radius 1 is 1.50 bits per heavy atom. The van der Waals surface area contributed by atoms with Gasteiger partial charge in [-0.25, -0.2) is 0 Å². The molecule has 2 N–H and O–H groups in total. The van der Waals surface area contributed by atoms with E-state index in [-0.39, 0.29) is 0 Å². The summed E-state index contributed by atoms with van der Waals surface area (Å²) in [6.45, 7) is 1.90. The summed E-state index contributed by atoms with van der Waals surface area (Å²) in [6.07, 6.45) is 1.61. The zero-order valence-corrected chi connectivity index (χ0v) is 6.30. The number of nitriles is 1. The number of piperidine rings is 1. The van der Waals surface area contributed by atoms with Gasteiger partial charge in [0.25, 0.3) is 0 Å². The van der Waals surface area contributed by atoms with Crippen molar-refractivity contribution in [3.05, 3.63) is 0 Å². The molecule has 3 nitrogen and oxygen atoms in total. The van der Waals surface area contributed by atoms with E-state index in [9.17, 15) is 0 Å². The predicted molar refractivity (Wildman–Crippen MR) is 41.9 cm³/mol. The van der Waals surface area contributed by atoms with Crippen LogP contribution >= 0.6 is 0 Å². The molecule has 0 aliphatic carbocycles. The first-order valence-electron chi connectivity index (χ1n) is 3.55. The van der Waals surface area contributed by atoms with Crippen LogP contribution < -0.4 is 5.73 Å². The zero-order chi connectivity index (χ0) is 7.61. The smallest absolute Gasteiger partial charge is 0.185 e. The molecule has 1 fully saturated rings. The lowest BCUT2D eigenvalue weighted by Crippen LogP contribution is -2.48. The lowest BCUT2D eigenvalue weighted by atomic mass is 9.89. The molecule has 1 aliphatic heterocycles. The molecule has 0 aromatic rings. The molecule has 1 aliphatic rings. The van der Waals surface area contributed by atoms with E-state index in [0.29, 0.717) is 0 Å². The molecule has 0 atom stereocenters. The maximum absolute atomic E-state index is 8.64. The van der Waals surface area contributed by atoms with Gasteiger partial charge in [-0.05, 0) is 25.9 Å². The number of hydrogen-bond donors (Lipinski definition) is 1. The molecule has 0 spiro atoms. The van der Waals surface area contributed by atoms with Crippen LogP contribution in [0.5, 0.6) is 0 Å². The summed E-state index contributed by atoms with van der Waals surface area (Å²) in [5, 5.41) is 8.64. The monoisotopic (exact) mass is 137 g/mol. The maximum atomic E-state index is 8.64. The van der Waals surface area contributed by atoms with E-state index in [1.807, 2.05) is 0 Å². The number of nitrogens with two attached hydrogens (primary N) is 1. The highest BCUT2D eigenvalue weighted by Crippen LogP contribution is 2.16. The van der Waals surface area contributed by atoms with Crippen molar-refractivity contribution in [1.29, 1.82) is 5.26 Å². The SMILES string of the molecule is BN1CCC(N)(C#N)CC1. The van der Waals surface area contributed by atoms with Crippen LogP contribution in [0.4, 0.5) is 0 Å². The quantitative estimate of drug-likeness (QED) is 0.429. The Hall–Kier alpha value is -0.525. The third kappa shape index (κ3) is 1.50. The van der Waals surface area contributed by atoms with Gasteiger partial charge in [-0.1, -0.05) is 0 Å². The van der Waals surface area contributed by atoms with E-state index >= 15 is 0 Å². The third-order valence-corrected chi connectivity index (χ3v) is 2.10. The summed E-state index contributed by atoms with van der Waals surface area (Å²) >= 11 is 0. The van der Waals surface area contributed by atoms with Gasteiger partial charge in [-0.15, -0.1) is 0 Å². The Morgan fingerprint density at radius 2 is 2.00 bits per heavy atom. The van der Waals surface area contributed by atoms with E-state index in [1.165, 1.54) is 0 Å². The second kappa shape index (κ2) is 2.61. The van der Waals surface area contributed by atoms with Gasteiger partial charge in [0.2, 0.25) is 0 Å². The van der Waals surface area contributed by atoms with E-state index in [0.717, 1.165) is 25.9 Å². The van der Waals surface area contributed by atoms with Crippen LogP contribution in [0.25, 0.3) is 0 Å². The molecule has 1 rings (SSSR count). The molecular weight excluding hydrogens is 125 g/mol. The maximum Gasteiger partial charge on any atom is 0.185 e. The summed E-state index contributed by atoms with van der Waals surface area (Å²) in [6, 6.07) is 2.15. The fourth-order valence-corrected chi connectivity index (χ4v) is 1.13. The standard InChI is InChI=1S/C6H12BN3/c7-10-3-1-6(9,5-8)2-4-10/h1-4,7,9H2. The topological polar surface area (TPSA) is 53.0 Å². The van der Waals surface area contributed by atoms with Gasteiger partial charge in [0.1, 0.15) is 5.54 Å². The van der Waals surface area contributed by atoms with Gasteiger partial charge >= 0.3 is 0 Å². The van der Waals surface area contributed by atoms with Gasteiger partial charge in [0, 0.05) is 0 Å². The van der Waals surface area contributed by atoms with Gasteiger partial charge in [0.05, 0.1) is 6.07 Å². The Balaban J connectivity index is 2.48. The van der Waals surface area contributed by atoms with Gasteiger partial charge in [0.15, 0.2) is 7.98 Å². The highest BCUT2D eigenvalue weighted by atomic mass is 15.0. The molecule has 0 aromatic heterocycles. The molecule has 0 unspecified atom stereocenters. The summed E-state index contributed by atoms with van der Waals surface area (Å²) in [4.78, 5) is 2.20. The van der Waals surface area contributed by atoms with Crippen molar-refractivity contribution in [1.82, 2.24) is 4.81 Å². The minimum Gasteiger partial charge on any atom is -0.348 e. The Bertz CT molecular complexity index is 155. The zero-order valence-electron chi connectivity index (χ0n) is 6.30. The van der Waals surface area contributed by atoms with Crippen molar-refractivity contribution < 1.29 is 0 Å². The first-order chi connectivity index (χ1) is 4.66. The molecule has 0 amide bonds. The van der Waals surface area contributed by atoms with Gasteiger partial charge in [-0.3, -0.25) is 0 Å². The second-order valence-corrected chi connectivity index (χ2v) is 3.07. The summed E-state index contributed by atoms with van der Waals surface area (Å²) in [5.41, 5.74) is 5.20. The fraction of sp³-hybridized carbons (Fsp3) is 0.833. The highest BCUT2D eigenvalue weighted by Gasteiger charge is 2.28. The Morgan fingerprint density at radius 3 is 2.40 bits per heavy atom. The van der Waals surface area contributed by atoms with Gasteiger partial charge in [-0.2, -0.15) is 5.26 Å². The highest BCUT2D eigenvalue weighted by molar-refractivity contribution is 6.04. The van der Waals surface area contributed by atoms with Crippen molar-refractivity contribution in [3.63, 3.8) is 0 Å². The van der Waals surface area contributed by atoms with Crippen molar-refractivity contribution in [2.45, 2.75) is 18.4 Å².